The second-order valence-corrected chi connectivity index (χ2v) is 6.31. The SMILES string of the molecule is C=C1C[C@@H](c2ccc(C(=O)OC)cc2)O[C@@H](c2ccccc2Cl)C1. The molecule has 0 aromatic heterocycles. The minimum atomic E-state index is -0.343. The van der Waals surface area contributed by atoms with Crippen LogP contribution < -0.4 is 0 Å². The molecule has 0 unspecified atom stereocenters. The van der Waals surface area contributed by atoms with Gasteiger partial charge in [-0.15, -0.1) is 0 Å². The van der Waals surface area contributed by atoms with Gasteiger partial charge in [0, 0.05) is 5.02 Å². The smallest absolute Gasteiger partial charge is 0.337 e. The van der Waals surface area contributed by atoms with Gasteiger partial charge in [-0.2, -0.15) is 0 Å². The van der Waals surface area contributed by atoms with Crippen LogP contribution >= 0.6 is 11.6 Å². The molecule has 1 heterocycles. The molecule has 1 aliphatic rings. The summed E-state index contributed by atoms with van der Waals surface area (Å²) in [5.41, 5.74) is 3.66. The van der Waals surface area contributed by atoms with Crippen molar-refractivity contribution in [2.45, 2.75) is 25.0 Å². The molecule has 24 heavy (non-hydrogen) atoms. The summed E-state index contributed by atoms with van der Waals surface area (Å²) in [6.07, 6.45) is 1.32. The number of rotatable bonds is 3. The lowest BCUT2D eigenvalue weighted by Crippen LogP contribution is -2.18. The van der Waals surface area contributed by atoms with Gasteiger partial charge in [-0.25, -0.2) is 4.79 Å². The molecule has 3 nitrogen and oxygen atoms in total. The molecule has 124 valence electrons. The normalized spacial score (nSPS) is 20.7. The highest BCUT2D eigenvalue weighted by Crippen LogP contribution is 2.42. The maximum Gasteiger partial charge on any atom is 0.337 e. The number of benzene rings is 2. The highest BCUT2D eigenvalue weighted by Gasteiger charge is 2.28. The molecule has 0 bridgehead atoms. The van der Waals surface area contributed by atoms with E-state index in [2.05, 4.69) is 6.58 Å². The van der Waals surface area contributed by atoms with Crippen molar-refractivity contribution in [3.05, 3.63) is 82.4 Å². The van der Waals surface area contributed by atoms with E-state index in [0.717, 1.165) is 29.5 Å². The van der Waals surface area contributed by atoms with Crippen molar-refractivity contribution >= 4 is 17.6 Å². The number of ether oxygens (including phenoxy) is 2. The standard InChI is InChI=1S/C20H19ClO3/c1-13-11-18(14-7-9-15(10-8-14)20(22)23-2)24-19(12-13)16-5-3-4-6-17(16)21/h3-10,18-19H,1,11-12H2,2H3/t18-,19+/m0/s1. The number of hydrogen-bond acceptors (Lipinski definition) is 3. The number of esters is 1. The molecule has 0 N–H and O–H groups in total. The van der Waals surface area contributed by atoms with Crippen LogP contribution in [0.15, 0.2) is 60.7 Å². The fourth-order valence-corrected chi connectivity index (χ4v) is 3.23. The van der Waals surface area contributed by atoms with Crippen LogP contribution in [-0.2, 0) is 9.47 Å². The lowest BCUT2D eigenvalue weighted by molar-refractivity contribution is -0.0344. The molecule has 0 radical (unpaired) electrons. The lowest BCUT2D eigenvalue weighted by Gasteiger charge is -2.32. The summed E-state index contributed by atoms with van der Waals surface area (Å²) in [5, 5.41) is 0.706. The van der Waals surface area contributed by atoms with Gasteiger partial charge in [0.1, 0.15) is 0 Å². The van der Waals surface area contributed by atoms with Gasteiger partial charge < -0.3 is 9.47 Å². The third-order valence-corrected chi connectivity index (χ3v) is 4.58. The van der Waals surface area contributed by atoms with E-state index in [1.165, 1.54) is 7.11 Å². The Bertz CT molecular complexity index is 752. The van der Waals surface area contributed by atoms with Gasteiger partial charge in [0.15, 0.2) is 0 Å². The van der Waals surface area contributed by atoms with E-state index >= 15 is 0 Å². The second-order valence-electron chi connectivity index (χ2n) is 5.91. The molecule has 3 rings (SSSR count). The van der Waals surface area contributed by atoms with E-state index < -0.39 is 0 Å². The average molecular weight is 343 g/mol. The predicted molar refractivity (Wildman–Crippen MR) is 94.2 cm³/mol. The Balaban J connectivity index is 1.82. The minimum Gasteiger partial charge on any atom is -0.465 e. The molecular weight excluding hydrogens is 324 g/mol. The van der Waals surface area contributed by atoms with Crippen molar-refractivity contribution in [3.8, 4) is 0 Å². The zero-order valence-corrected chi connectivity index (χ0v) is 14.3. The molecule has 1 aliphatic heterocycles. The van der Waals surface area contributed by atoms with Crippen molar-refractivity contribution in [1.29, 1.82) is 0 Å². The second kappa shape index (κ2) is 7.20. The highest BCUT2D eigenvalue weighted by molar-refractivity contribution is 6.31. The maximum absolute atomic E-state index is 11.5. The van der Waals surface area contributed by atoms with Crippen LogP contribution in [0.3, 0.4) is 0 Å². The molecule has 1 fully saturated rings. The van der Waals surface area contributed by atoms with Gasteiger partial charge in [0.05, 0.1) is 24.9 Å². The van der Waals surface area contributed by atoms with E-state index in [1.54, 1.807) is 12.1 Å². The van der Waals surface area contributed by atoms with Crippen LogP contribution in [0.25, 0.3) is 0 Å². The van der Waals surface area contributed by atoms with Gasteiger partial charge in [-0.3, -0.25) is 0 Å². The van der Waals surface area contributed by atoms with Crippen LogP contribution in [0, 0.1) is 0 Å². The summed E-state index contributed by atoms with van der Waals surface area (Å²) in [4.78, 5) is 11.5. The van der Waals surface area contributed by atoms with E-state index in [0.29, 0.717) is 10.6 Å². The average Bonchev–Trinajstić information content (AvgIpc) is 2.61. The largest absolute Gasteiger partial charge is 0.465 e. The Morgan fingerprint density at radius 3 is 2.46 bits per heavy atom. The number of halogens is 1. The topological polar surface area (TPSA) is 35.5 Å². The molecule has 0 spiro atoms. The Morgan fingerprint density at radius 1 is 1.12 bits per heavy atom. The van der Waals surface area contributed by atoms with E-state index in [-0.39, 0.29) is 18.2 Å². The van der Waals surface area contributed by atoms with Gasteiger partial charge in [0.25, 0.3) is 0 Å². The summed E-state index contributed by atoms with van der Waals surface area (Å²) < 4.78 is 11.0. The zero-order valence-electron chi connectivity index (χ0n) is 13.5. The van der Waals surface area contributed by atoms with Crippen molar-refractivity contribution in [1.82, 2.24) is 0 Å². The molecule has 2 aromatic carbocycles. The first-order chi connectivity index (χ1) is 11.6. The van der Waals surface area contributed by atoms with E-state index in [4.69, 9.17) is 21.1 Å². The first-order valence-electron chi connectivity index (χ1n) is 7.83. The summed E-state index contributed by atoms with van der Waals surface area (Å²) in [7, 11) is 1.37. The number of methoxy groups -OCH3 is 1. The van der Waals surface area contributed by atoms with Gasteiger partial charge in [0.2, 0.25) is 0 Å². The monoisotopic (exact) mass is 342 g/mol. The third kappa shape index (κ3) is 3.53. The molecule has 0 amide bonds. The molecule has 2 aromatic rings. The Kier molecular flexibility index (Phi) is 5.03. The van der Waals surface area contributed by atoms with Crippen LogP contribution in [-0.4, -0.2) is 13.1 Å². The van der Waals surface area contributed by atoms with Crippen molar-refractivity contribution in [2.75, 3.05) is 7.11 Å². The number of carbonyl (C=O) groups excluding carboxylic acids is 1. The quantitative estimate of drug-likeness (QED) is 0.562. The summed E-state index contributed by atoms with van der Waals surface area (Å²) >= 11 is 6.31. The van der Waals surface area contributed by atoms with Crippen molar-refractivity contribution in [2.24, 2.45) is 0 Å². The van der Waals surface area contributed by atoms with Crippen molar-refractivity contribution < 1.29 is 14.3 Å². The van der Waals surface area contributed by atoms with E-state index in [1.807, 2.05) is 36.4 Å². The van der Waals surface area contributed by atoms with Gasteiger partial charge in [-0.05, 0) is 42.2 Å². The Labute approximate surface area is 146 Å². The van der Waals surface area contributed by atoms with E-state index in [9.17, 15) is 4.79 Å². The van der Waals surface area contributed by atoms with Crippen LogP contribution in [0.5, 0.6) is 0 Å². The van der Waals surface area contributed by atoms with Crippen LogP contribution in [0.1, 0.15) is 46.5 Å². The molecule has 0 saturated carbocycles. The Hall–Kier alpha value is -2.10. The molecule has 4 heteroatoms. The van der Waals surface area contributed by atoms with Crippen LogP contribution in [0.4, 0.5) is 0 Å². The van der Waals surface area contributed by atoms with Gasteiger partial charge >= 0.3 is 5.97 Å². The fourth-order valence-electron chi connectivity index (χ4n) is 2.97. The maximum atomic E-state index is 11.5. The first kappa shape index (κ1) is 16.7. The molecule has 2 atom stereocenters. The predicted octanol–water partition coefficient (Wildman–Crippen LogP) is 5.28. The molecule has 0 aliphatic carbocycles. The van der Waals surface area contributed by atoms with Crippen molar-refractivity contribution in [3.63, 3.8) is 0 Å². The molecule has 1 saturated heterocycles. The fraction of sp³-hybridized carbons (Fsp3) is 0.250. The zero-order chi connectivity index (χ0) is 17.1. The summed E-state index contributed by atoms with van der Waals surface area (Å²) in [6, 6.07) is 15.0. The lowest BCUT2D eigenvalue weighted by atomic mass is 9.91. The van der Waals surface area contributed by atoms with Gasteiger partial charge in [-0.1, -0.05) is 54.1 Å². The Morgan fingerprint density at radius 2 is 1.79 bits per heavy atom. The minimum absolute atomic E-state index is 0.0979. The van der Waals surface area contributed by atoms with Crippen LogP contribution in [0.2, 0.25) is 5.02 Å². The third-order valence-electron chi connectivity index (χ3n) is 4.23. The molecular formula is C20H19ClO3. The number of carbonyl (C=O) groups is 1. The summed E-state index contributed by atoms with van der Waals surface area (Å²) in [6.45, 7) is 4.16. The highest BCUT2D eigenvalue weighted by atomic mass is 35.5. The first-order valence-corrected chi connectivity index (χ1v) is 8.21. The summed E-state index contributed by atoms with van der Waals surface area (Å²) in [5.74, 6) is -0.343. The number of hydrogen-bond donors (Lipinski definition) is 0.